The summed E-state index contributed by atoms with van der Waals surface area (Å²) in [5, 5.41) is 6.71. The fourth-order valence-electron chi connectivity index (χ4n) is 4.21. The van der Waals surface area contributed by atoms with Gasteiger partial charge in [-0.2, -0.15) is 5.10 Å². The van der Waals surface area contributed by atoms with Crippen LogP contribution in [0.4, 0.5) is 11.4 Å². The quantitative estimate of drug-likeness (QED) is 0.152. The second-order valence-electron chi connectivity index (χ2n) is 9.76. The molecule has 0 atom stereocenters. The lowest BCUT2D eigenvalue weighted by molar-refractivity contribution is -0.119. The topological polar surface area (TPSA) is 145 Å². The number of anilines is 2. The molecule has 0 unspecified atom stereocenters. The average molecular weight is 647 g/mol. The summed E-state index contributed by atoms with van der Waals surface area (Å²) in [6.45, 7) is 1.02. The Morgan fingerprint density at radius 2 is 1.48 bits per heavy atom. The molecular weight excluding hydrogens is 612 g/mol. The SMILES string of the molecule is COc1ccc(OC)c(N(CC(=O)N/N=C\c2ccc(OCC(=O)Nc3ccccc3OC)cc2)S(=O)(=O)c2ccc(C)cc2)c1. The molecule has 0 aromatic heterocycles. The Morgan fingerprint density at radius 3 is 2.15 bits per heavy atom. The summed E-state index contributed by atoms with van der Waals surface area (Å²) in [4.78, 5) is 25.3. The van der Waals surface area contributed by atoms with Crippen molar-refractivity contribution >= 4 is 39.4 Å². The van der Waals surface area contributed by atoms with Gasteiger partial charge < -0.3 is 24.3 Å². The number of carbonyl (C=O) groups is 2. The molecule has 2 N–H and O–H groups in total. The van der Waals surface area contributed by atoms with Crippen molar-refractivity contribution in [1.82, 2.24) is 5.43 Å². The van der Waals surface area contributed by atoms with E-state index in [0.29, 0.717) is 28.5 Å². The maximum absolute atomic E-state index is 13.8. The number of sulfonamides is 1. The van der Waals surface area contributed by atoms with E-state index in [1.54, 1.807) is 72.8 Å². The summed E-state index contributed by atoms with van der Waals surface area (Å²) >= 11 is 0. The first-order valence-electron chi connectivity index (χ1n) is 13.9. The number of amides is 2. The van der Waals surface area contributed by atoms with E-state index in [1.165, 1.54) is 45.7 Å². The molecular formula is C33H34N4O8S. The van der Waals surface area contributed by atoms with E-state index >= 15 is 0 Å². The van der Waals surface area contributed by atoms with Gasteiger partial charge in [0.2, 0.25) is 0 Å². The minimum atomic E-state index is -4.20. The Labute approximate surface area is 267 Å². The maximum Gasteiger partial charge on any atom is 0.264 e. The molecule has 4 rings (SSSR count). The number of rotatable bonds is 14. The van der Waals surface area contributed by atoms with Crippen LogP contribution in [0.2, 0.25) is 0 Å². The molecule has 0 saturated heterocycles. The largest absolute Gasteiger partial charge is 0.497 e. The lowest BCUT2D eigenvalue weighted by atomic mass is 10.2. The van der Waals surface area contributed by atoms with Crippen molar-refractivity contribution in [3.8, 4) is 23.0 Å². The molecule has 0 spiro atoms. The number of hydrogen-bond acceptors (Lipinski definition) is 9. The van der Waals surface area contributed by atoms with E-state index in [4.69, 9.17) is 18.9 Å². The summed E-state index contributed by atoms with van der Waals surface area (Å²) in [6.07, 6.45) is 1.39. The summed E-state index contributed by atoms with van der Waals surface area (Å²) in [6, 6.07) is 24.6. The molecule has 13 heteroatoms. The van der Waals surface area contributed by atoms with Gasteiger partial charge in [0.05, 0.1) is 43.8 Å². The van der Waals surface area contributed by atoms with Crippen LogP contribution < -0.4 is 34.0 Å². The lowest BCUT2D eigenvalue weighted by Crippen LogP contribution is -2.39. The number of carbonyl (C=O) groups excluding carboxylic acids is 2. The number of aryl methyl sites for hydroxylation is 1. The first-order valence-corrected chi connectivity index (χ1v) is 15.4. The lowest BCUT2D eigenvalue weighted by Gasteiger charge is -2.25. The highest BCUT2D eigenvalue weighted by Gasteiger charge is 2.30. The first-order chi connectivity index (χ1) is 22.1. The average Bonchev–Trinajstić information content (AvgIpc) is 3.07. The highest BCUT2D eigenvalue weighted by atomic mass is 32.2. The van der Waals surface area contributed by atoms with Gasteiger partial charge in [-0.3, -0.25) is 13.9 Å². The maximum atomic E-state index is 13.8. The van der Waals surface area contributed by atoms with Crippen molar-refractivity contribution in [2.45, 2.75) is 11.8 Å². The van der Waals surface area contributed by atoms with E-state index in [9.17, 15) is 18.0 Å². The predicted octanol–water partition coefficient (Wildman–Crippen LogP) is 4.38. The van der Waals surface area contributed by atoms with Crippen LogP contribution in [0.3, 0.4) is 0 Å². The summed E-state index contributed by atoms with van der Waals surface area (Å²) < 4.78 is 50.0. The third-order valence-corrected chi connectivity index (χ3v) is 8.36. The number of benzene rings is 4. The molecule has 12 nitrogen and oxygen atoms in total. The molecule has 0 heterocycles. The van der Waals surface area contributed by atoms with Crippen molar-refractivity contribution in [2.24, 2.45) is 5.10 Å². The van der Waals surface area contributed by atoms with Gasteiger partial charge in [-0.1, -0.05) is 29.8 Å². The number of ether oxygens (including phenoxy) is 4. The fourth-order valence-corrected chi connectivity index (χ4v) is 5.63. The Bertz CT molecular complexity index is 1790. The van der Waals surface area contributed by atoms with E-state index < -0.39 is 22.5 Å². The Balaban J connectivity index is 1.41. The van der Waals surface area contributed by atoms with Crippen molar-refractivity contribution in [2.75, 3.05) is 44.1 Å². The highest BCUT2D eigenvalue weighted by molar-refractivity contribution is 7.92. The molecule has 0 radical (unpaired) electrons. The van der Waals surface area contributed by atoms with Crippen molar-refractivity contribution in [3.05, 3.63) is 102 Å². The van der Waals surface area contributed by atoms with Gasteiger partial charge in [-0.25, -0.2) is 13.8 Å². The Morgan fingerprint density at radius 1 is 0.804 bits per heavy atom. The number of nitrogens with one attached hydrogen (secondary N) is 2. The van der Waals surface area contributed by atoms with Gasteiger partial charge in [0, 0.05) is 6.07 Å². The minimum Gasteiger partial charge on any atom is -0.497 e. The molecule has 0 fully saturated rings. The number of para-hydroxylation sites is 2. The zero-order valence-corrected chi connectivity index (χ0v) is 26.5. The molecule has 240 valence electrons. The van der Waals surface area contributed by atoms with E-state index in [-0.39, 0.29) is 28.8 Å². The normalized spacial score (nSPS) is 11.0. The summed E-state index contributed by atoms with van der Waals surface area (Å²) in [5.41, 5.74) is 4.52. The highest BCUT2D eigenvalue weighted by Crippen LogP contribution is 2.35. The van der Waals surface area contributed by atoms with Gasteiger partial charge in [-0.05, 0) is 73.2 Å². The van der Waals surface area contributed by atoms with Crippen molar-refractivity contribution in [3.63, 3.8) is 0 Å². The first kappa shape index (κ1) is 33.3. The minimum absolute atomic E-state index is 0.00106. The second kappa shape index (κ2) is 15.4. The molecule has 4 aromatic rings. The Hall–Kier alpha value is -5.56. The standard InChI is InChI=1S/C33H34N4O8S/c1-23-9-16-27(17-10-23)46(40,41)37(29-19-26(42-2)15-18-31(29)44-4)21-32(38)36-34-20-24-11-13-25(14-12-24)45-22-33(39)35-28-7-5-6-8-30(28)43-3/h5-20H,21-22H2,1-4H3,(H,35,39)(H,36,38)/b34-20-. The van der Waals surface area contributed by atoms with E-state index in [1.807, 2.05) is 6.92 Å². The Kier molecular flexibility index (Phi) is 11.2. The van der Waals surface area contributed by atoms with Crippen molar-refractivity contribution < 1.29 is 37.0 Å². The van der Waals surface area contributed by atoms with Crippen LogP contribution in [0.1, 0.15) is 11.1 Å². The third-order valence-electron chi connectivity index (χ3n) is 6.58. The zero-order valence-electron chi connectivity index (χ0n) is 25.7. The van der Waals surface area contributed by atoms with Crippen molar-refractivity contribution in [1.29, 1.82) is 0 Å². The van der Waals surface area contributed by atoms with E-state index in [0.717, 1.165) is 9.87 Å². The van der Waals surface area contributed by atoms with Crippen LogP contribution in [-0.4, -0.2) is 60.9 Å². The monoisotopic (exact) mass is 646 g/mol. The van der Waals surface area contributed by atoms with Gasteiger partial charge in [0.15, 0.2) is 6.61 Å². The van der Waals surface area contributed by atoms with Gasteiger partial charge in [0.25, 0.3) is 21.8 Å². The van der Waals surface area contributed by atoms with Gasteiger partial charge in [0.1, 0.15) is 29.5 Å². The smallest absolute Gasteiger partial charge is 0.264 e. The molecule has 0 saturated carbocycles. The summed E-state index contributed by atoms with van der Waals surface area (Å²) in [5.74, 6) is 0.531. The molecule has 0 aliphatic carbocycles. The predicted molar refractivity (Wildman–Crippen MR) is 175 cm³/mol. The van der Waals surface area contributed by atoms with E-state index in [2.05, 4.69) is 15.8 Å². The van der Waals surface area contributed by atoms with Crippen LogP contribution in [0.25, 0.3) is 0 Å². The molecule has 0 aliphatic rings. The molecule has 0 aliphatic heterocycles. The van der Waals surface area contributed by atoms with Gasteiger partial charge in [-0.15, -0.1) is 0 Å². The van der Waals surface area contributed by atoms with Crippen LogP contribution in [0.15, 0.2) is 101 Å². The fraction of sp³-hybridized carbons (Fsp3) is 0.182. The number of methoxy groups -OCH3 is 3. The zero-order chi connectivity index (χ0) is 33.1. The third kappa shape index (κ3) is 8.54. The summed E-state index contributed by atoms with van der Waals surface area (Å²) in [7, 11) is 0.167. The van der Waals surface area contributed by atoms with Crippen LogP contribution in [-0.2, 0) is 19.6 Å². The second-order valence-corrected chi connectivity index (χ2v) is 11.6. The number of nitrogens with zero attached hydrogens (tertiary/aromatic N) is 2. The van der Waals surface area contributed by atoms with Crippen LogP contribution >= 0.6 is 0 Å². The van der Waals surface area contributed by atoms with Crippen LogP contribution in [0.5, 0.6) is 23.0 Å². The molecule has 0 bridgehead atoms. The molecule has 46 heavy (non-hydrogen) atoms. The van der Waals surface area contributed by atoms with Crippen LogP contribution in [0, 0.1) is 6.92 Å². The number of hydrazone groups is 1. The molecule has 4 aromatic carbocycles. The number of hydrogen-bond donors (Lipinski definition) is 2. The van der Waals surface area contributed by atoms with Gasteiger partial charge >= 0.3 is 0 Å². The molecule has 2 amide bonds.